The normalized spacial score (nSPS) is 10.1. The van der Waals surface area contributed by atoms with Crippen LogP contribution in [-0.4, -0.2) is 18.3 Å². The molecule has 0 spiro atoms. The van der Waals surface area contributed by atoms with E-state index in [2.05, 4.69) is 5.32 Å². The Kier molecular flexibility index (Phi) is 4.44. The van der Waals surface area contributed by atoms with Crippen molar-refractivity contribution in [2.75, 3.05) is 18.5 Å². The highest BCUT2D eigenvalue weighted by atomic mass is 127. The maximum Gasteiger partial charge on any atom is 0.138 e. The molecular weight excluding hydrogens is 284 g/mol. The third-order valence-electron chi connectivity index (χ3n) is 1.60. The number of halogens is 2. The maximum absolute atomic E-state index is 13.0. The second kappa shape index (κ2) is 5.39. The van der Waals surface area contributed by atoms with Gasteiger partial charge in [0.15, 0.2) is 0 Å². The molecule has 0 aliphatic carbocycles. The quantitative estimate of drug-likeness (QED) is 0.659. The summed E-state index contributed by atoms with van der Waals surface area (Å²) in [4.78, 5) is 0. The van der Waals surface area contributed by atoms with Crippen molar-refractivity contribution in [1.29, 1.82) is 0 Å². The number of aliphatic hydroxyl groups is 1. The Morgan fingerprint density at radius 1 is 1.46 bits per heavy atom. The van der Waals surface area contributed by atoms with Crippen LogP contribution in [0.3, 0.4) is 0 Å². The fourth-order valence-electron chi connectivity index (χ4n) is 0.942. The molecule has 0 unspecified atom stereocenters. The van der Waals surface area contributed by atoms with Gasteiger partial charge in [-0.15, -0.1) is 0 Å². The summed E-state index contributed by atoms with van der Waals surface area (Å²) in [5, 5.41) is 11.6. The van der Waals surface area contributed by atoms with Crippen LogP contribution < -0.4 is 5.32 Å². The van der Waals surface area contributed by atoms with Crippen molar-refractivity contribution >= 4 is 28.3 Å². The predicted molar refractivity (Wildman–Crippen MR) is 59.3 cm³/mol. The number of aliphatic hydroxyl groups excluding tert-OH is 1. The molecule has 0 saturated heterocycles. The molecule has 1 rings (SSSR count). The van der Waals surface area contributed by atoms with E-state index in [0.717, 1.165) is 5.69 Å². The summed E-state index contributed by atoms with van der Waals surface area (Å²) in [5.74, 6) is -0.213. The minimum absolute atomic E-state index is 0.152. The molecule has 0 radical (unpaired) electrons. The lowest BCUT2D eigenvalue weighted by atomic mass is 10.3. The van der Waals surface area contributed by atoms with E-state index in [1.807, 2.05) is 28.7 Å². The summed E-state index contributed by atoms with van der Waals surface area (Å²) in [7, 11) is 0. The monoisotopic (exact) mass is 295 g/mol. The third-order valence-corrected chi connectivity index (χ3v) is 2.70. The second-order valence-electron chi connectivity index (χ2n) is 2.61. The predicted octanol–water partition coefficient (Wildman–Crippen LogP) is 2.22. The molecule has 0 aliphatic heterocycles. The molecule has 0 aromatic heterocycles. The number of hydrogen-bond acceptors (Lipinski definition) is 2. The van der Waals surface area contributed by atoms with Gasteiger partial charge in [0.2, 0.25) is 0 Å². The van der Waals surface area contributed by atoms with Crippen molar-refractivity contribution < 1.29 is 9.50 Å². The molecule has 0 atom stereocenters. The summed E-state index contributed by atoms with van der Waals surface area (Å²) in [6.07, 6.45) is 0.673. The zero-order valence-electron chi connectivity index (χ0n) is 7.06. The summed E-state index contributed by atoms with van der Waals surface area (Å²) < 4.78 is 13.6. The highest BCUT2D eigenvalue weighted by Gasteiger charge is 2.02. The lowest BCUT2D eigenvalue weighted by Gasteiger charge is -2.07. The van der Waals surface area contributed by atoms with Gasteiger partial charge >= 0.3 is 0 Å². The molecule has 1 aromatic rings. The van der Waals surface area contributed by atoms with Crippen LogP contribution in [-0.2, 0) is 0 Å². The van der Waals surface area contributed by atoms with Gasteiger partial charge in [0.1, 0.15) is 5.82 Å². The molecule has 4 heteroatoms. The molecule has 0 amide bonds. The fraction of sp³-hybridized carbons (Fsp3) is 0.333. The van der Waals surface area contributed by atoms with Crippen molar-refractivity contribution in [2.24, 2.45) is 0 Å². The Hall–Kier alpha value is -0.360. The van der Waals surface area contributed by atoms with Gasteiger partial charge in [0.25, 0.3) is 0 Å². The van der Waals surface area contributed by atoms with Crippen molar-refractivity contribution in [3.05, 3.63) is 27.6 Å². The Morgan fingerprint density at radius 2 is 2.23 bits per heavy atom. The van der Waals surface area contributed by atoms with Crippen molar-refractivity contribution in [1.82, 2.24) is 0 Å². The standard InChI is InChI=1S/C9H11FINO/c10-7-3-1-4-8(9(7)11)12-5-2-6-13/h1,3-4,12-13H,2,5-6H2. The van der Waals surface area contributed by atoms with E-state index in [1.54, 1.807) is 6.07 Å². The van der Waals surface area contributed by atoms with Gasteiger partial charge in [-0.3, -0.25) is 0 Å². The summed E-state index contributed by atoms with van der Waals surface area (Å²) in [5.41, 5.74) is 0.786. The SMILES string of the molecule is OCCCNc1cccc(F)c1I. The summed E-state index contributed by atoms with van der Waals surface area (Å²) in [6.45, 7) is 0.814. The van der Waals surface area contributed by atoms with Gasteiger partial charge in [-0.2, -0.15) is 0 Å². The molecule has 2 N–H and O–H groups in total. The second-order valence-corrected chi connectivity index (χ2v) is 3.68. The first-order chi connectivity index (χ1) is 6.25. The summed E-state index contributed by atoms with van der Waals surface area (Å²) >= 11 is 1.96. The largest absolute Gasteiger partial charge is 0.396 e. The Bertz CT molecular complexity index is 280. The first kappa shape index (κ1) is 10.7. The minimum Gasteiger partial charge on any atom is -0.396 e. The first-order valence-electron chi connectivity index (χ1n) is 4.04. The first-order valence-corrected chi connectivity index (χ1v) is 5.12. The Morgan fingerprint density at radius 3 is 2.92 bits per heavy atom. The maximum atomic E-state index is 13.0. The number of nitrogens with one attached hydrogen (secondary N) is 1. The van der Waals surface area contributed by atoms with Crippen LogP contribution in [0.5, 0.6) is 0 Å². The average Bonchev–Trinajstić information content (AvgIpc) is 2.13. The number of anilines is 1. The highest BCUT2D eigenvalue weighted by molar-refractivity contribution is 14.1. The lowest BCUT2D eigenvalue weighted by molar-refractivity contribution is 0.292. The highest BCUT2D eigenvalue weighted by Crippen LogP contribution is 2.20. The van der Waals surface area contributed by atoms with Crippen LogP contribution in [0.2, 0.25) is 0 Å². The number of hydrogen-bond donors (Lipinski definition) is 2. The zero-order valence-corrected chi connectivity index (χ0v) is 9.21. The number of rotatable bonds is 4. The Balaban J connectivity index is 2.61. The van der Waals surface area contributed by atoms with Gasteiger partial charge in [-0.05, 0) is 41.1 Å². The third kappa shape index (κ3) is 3.11. The summed E-state index contributed by atoms with van der Waals surface area (Å²) in [6, 6.07) is 4.92. The average molecular weight is 295 g/mol. The van der Waals surface area contributed by atoms with E-state index in [4.69, 9.17) is 5.11 Å². The zero-order chi connectivity index (χ0) is 9.68. The van der Waals surface area contributed by atoms with Crippen molar-refractivity contribution in [3.63, 3.8) is 0 Å². The van der Waals surface area contributed by atoms with Gasteiger partial charge in [-0.1, -0.05) is 6.07 Å². The molecule has 0 aliphatic rings. The molecule has 13 heavy (non-hydrogen) atoms. The van der Waals surface area contributed by atoms with Crippen molar-refractivity contribution in [3.8, 4) is 0 Å². The molecule has 0 heterocycles. The molecule has 72 valence electrons. The van der Waals surface area contributed by atoms with Gasteiger partial charge in [0, 0.05) is 13.2 Å². The van der Waals surface area contributed by atoms with Crippen LogP contribution >= 0.6 is 22.6 Å². The van der Waals surface area contributed by atoms with E-state index in [1.165, 1.54) is 6.07 Å². The smallest absolute Gasteiger partial charge is 0.138 e. The topological polar surface area (TPSA) is 32.3 Å². The van der Waals surface area contributed by atoms with E-state index in [0.29, 0.717) is 16.5 Å². The molecular formula is C9H11FINO. The molecule has 2 nitrogen and oxygen atoms in total. The Labute approximate surface area is 90.3 Å². The van der Waals surface area contributed by atoms with Gasteiger partial charge in [-0.25, -0.2) is 4.39 Å². The molecule has 0 bridgehead atoms. The van der Waals surface area contributed by atoms with Crippen LogP contribution in [0, 0.1) is 9.39 Å². The van der Waals surface area contributed by atoms with Crippen LogP contribution in [0.15, 0.2) is 18.2 Å². The van der Waals surface area contributed by atoms with Crippen molar-refractivity contribution in [2.45, 2.75) is 6.42 Å². The fourth-order valence-corrected chi connectivity index (χ4v) is 1.49. The van der Waals surface area contributed by atoms with E-state index in [9.17, 15) is 4.39 Å². The lowest BCUT2D eigenvalue weighted by Crippen LogP contribution is -2.05. The molecule has 1 aromatic carbocycles. The van der Waals surface area contributed by atoms with Crippen LogP contribution in [0.4, 0.5) is 10.1 Å². The molecule has 0 fully saturated rings. The van der Waals surface area contributed by atoms with Crippen LogP contribution in [0.25, 0.3) is 0 Å². The minimum atomic E-state index is -0.213. The number of benzene rings is 1. The van der Waals surface area contributed by atoms with E-state index < -0.39 is 0 Å². The van der Waals surface area contributed by atoms with Gasteiger partial charge < -0.3 is 10.4 Å². The van der Waals surface area contributed by atoms with Crippen LogP contribution in [0.1, 0.15) is 6.42 Å². The van der Waals surface area contributed by atoms with E-state index >= 15 is 0 Å². The van der Waals surface area contributed by atoms with Gasteiger partial charge in [0.05, 0.1) is 9.26 Å². The molecule has 0 saturated carbocycles. The van der Waals surface area contributed by atoms with E-state index in [-0.39, 0.29) is 12.4 Å².